The second kappa shape index (κ2) is 5.51. The SMILES string of the molecule is C=CC1CCC(c2cc(F)c(C(=O)O)c(F)c2)CC1. The lowest BCUT2D eigenvalue weighted by atomic mass is 9.78. The minimum Gasteiger partial charge on any atom is -0.477 e. The maximum absolute atomic E-state index is 13.6. The van der Waals surface area contributed by atoms with Crippen molar-refractivity contribution in [2.24, 2.45) is 5.92 Å². The van der Waals surface area contributed by atoms with Gasteiger partial charge in [0, 0.05) is 0 Å². The summed E-state index contributed by atoms with van der Waals surface area (Å²) < 4.78 is 27.2. The van der Waals surface area contributed by atoms with Crippen LogP contribution in [0.15, 0.2) is 24.8 Å². The van der Waals surface area contributed by atoms with E-state index in [-0.39, 0.29) is 5.92 Å². The van der Waals surface area contributed by atoms with Crippen LogP contribution in [-0.4, -0.2) is 11.1 Å². The van der Waals surface area contributed by atoms with Crippen LogP contribution in [-0.2, 0) is 0 Å². The van der Waals surface area contributed by atoms with Crippen LogP contribution >= 0.6 is 0 Å². The Bertz CT molecular complexity index is 480. The van der Waals surface area contributed by atoms with Crippen molar-refractivity contribution in [3.63, 3.8) is 0 Å². The van der Waals surface area contributed by atoms with Gasteiger partial charge in [-0.3, -0.25) is 0 Å². The van der Waals surface area contributed by atoms with E-state index in [2.05, 4.69) is 6.58 Å². The first-order valence-electron chi connectivity index (χ1n) is 6.37. The molecule has 0 heterocycles. The number of rotatable bonds is 3. The molecule has 0 amide bonds. The summed E-state index contributed by atoms with van der Waals surface area (Å²) in [5.74, 6) is -2.98. The number of hydrogen-bond donors (Lipinski definition) is 1. The molecule has 0 spiro atoms. The molecule has 0 radical (unpaired) electrons. The Morgan fingerprint density at radius 2 is 1.74 bits per heavy atom. The Morgan fingerprint density at radius 3 is 2.16 bits per heavy atom. The molecule has 0 atom stereocenters. The van der Waals surface area contributed by atoms with Gasteiger partial charge < -0.3 is 5.11 Å². The zero-order valence-corrected chi connectivity index (χ0v) is 10.5. The van der Waals surface area contributed by atoms with Crippen LogP contribution < -0.4 is 0 Å². The Balaban J connectivity index is 2.23. The van der Waals surface area contributed by atoms with Gasteiger partial charge >= 0.3 is 5.97 Å². The maximum atomic E-state index is 13.6. The van der Waals surface area contributed by atoms with Gasteiger partial charge in [-0.25, -0.2) is 13.6 Å². The molecule has 0 saturated heterocycles. The highest BCUT2D eigenvalue weighted by Gasteiger charge is 2.24. The van der Waals surface area contributed by atoms with Crippen LogP contribution in [0.2, 0.25) is 0 Å². The van der Waals surface area contributed by atoms with Crippen molar-refractivity contribution < 1.29 is 18.7 Å². The predicted octanol–water partition coefficient (Wildman–Crippen LogP) is 4.12. The molecule has 2 nitrogen and oxygen atoms in total. The average molecular weight is 266 g/mol. The summed E-state index contributed by atoms with van der Waals surface area (Å²) in [6.07, 6.45) is 5.53. The van der Waals surface area contributed by atoms with Gasteiger partial charge in [-0.15, -0.1) is 6.58 Å². The van der Waals surface area contributed by atoms with Gasteiger partial charge in [0.05, 0.1) is 0 Å². The lowest BCUT2D eigenvalue weighted by Crippen LogP contribution is -2.13. The molecule has 19 heavy (non-hydrogen) atoms. The second-order valence-corrected chi connectivity index (χ2v) is 5.01. The first kappa shape index (κ1) is 13.7. The molecule has 1 fully saturated rings. The van der Waals surface area contributed by atoms with Gasteiger partial charge in [0.25, 0.3) is 0 Å². The Kier molecular flexibility index (Phi) is 3.98. The Hall–Kier alpha value is -1.71. The van der Waals surface area contributed by atoms with Crippen LogP contribution in [0.1, 0.15) is 47.5 Å². The smallest absolute Gasteiger partial charge is 0.341 e. The molecule has 0 aliphatic heterocycles. The first-order chi connectivity index (χ1) is 9.02. The van der Waals surface area contributed by atoms with E-state index in [0.29, 0.717) is 11.5 Å². The van der Waals surface area contributed by atoms with Gasteiger partial charge in [-0.1, -0.05) is 6.08 Å². The summed E-state index contributed by atoms with van der Waals surface area (Å²) in [6, 6.07) is 2.32. The van der Waals surface area contributed by atoms with E-state index in [1.807, 2.05) is 6.08 Å². The van der Waals surface area contributed by atoms with Gasteiger partial charge in [0.15, 0.2) is 0 Å². The molecule has 4 heteroatoms. The monoisotopic (exact) mass is 266 g/mol. The fourth-order valence-electron chi connectivity index (χ4n) is 2.72. The molecule has 2 rings (SSSR count). The molecule has 0 unspecified atom stereocenters. The van der Waals surface area contributed by atoms with Crippen LogP contribution in [0.5, 0.6) is 0 Å². The van der Waals surface area contributed by atoms with Crippen molar-refractivity contribution in [1.82, 2.24) is 0 Å². The summed E-state index contributed by atoms with van der Waals surface area (Å²) in [5, 5.41) is 8.72. The van der Waals surface area contributed by atoms with Crippen molar-refractivity contribution in [3.8, 4) is 0 Å². The van der Waals surface area contributed by atoms with Gasteiger partial charge in [0.1, 0.15) is 17.2 Å². The lowest BCUT2D eigenvalue weighted by Gasteiger charge is -2.27. The summed E-state index contributed by atoms with van der Waals surface area (Å²) in [4.78, 5) is 10.7. The van der Waals surface area contributed by atoms with Crippen molar-refractivity contribution in [2.75, 3.05) is 0 Å². The molecule has 1 aliphatic carbocycles. The highest BCUT2D eigenvalue weighted by molar-refractivity contribution is 5.88. The molecular weight excluding hydrogens is 250 g/mol. The number of hydrogen-bond acceptors (Lipinski definition) is 1. The van der Waals surface area contributed by atoms with Crippen LogP contribution in [0, 0.1) is 17.6 Å². The maximum Gasteiger partial charge on any atom is 0.341 e. The minimum atomic E-state index is -1.57. The van der Waals surface area contributed by atoms with Crippen molar-refractivity contribution in [3.05, 3.63) is 47.5 Å². The number of carboxylic acids is 1. The van der Waals surface area contributed by atoms with Crippen molar-refractivity contribution in [2.45, 2.75) is 31.6 Å². The summed E-state index contributed by atoms with van der Waals surface area (Å²) in [5.41, 5.74) is -0.314. The number of allylic oxidation sites excluding steroid dienone is 1. The third-order valence-electron chi connectivity index (χ3n) is 3.85. The average Bonchev–Trinajstić information content (AvgIpc) is 2.37. The number of carbonyl (C=O) groups is 1. The zero-order valence-electron chi connectivity index (χ0n) is 10.5. The van der Waals surface area contributed by atoms with E-state index < -0.39 is 23.2 Å². The van der Waals surface area contributed by atoms with Crippen molar-refractivity contribution >= 4 is 5.97 Å². The van der Waals surface area contributed by atoms with E-state index >= 15 is 0 Å². The van der Waals surface area contributed by atoms with E-state index in [9.17, 15) is 13.6 Å². The van der Waals surface area contributed by atoms with Gasteiger partial charge in [0.2, 0.25) is 0 Å². The van der Waals surface area contributed by atoms with Gasteiger partial charge in [-0.2, -0.15) is 0 Å². The third kappa shape index (κ3) is 2.83. The van der Waals surface area contributed by atoms with Gasteiger partial charge in [-0.05, 0) is 55.2 Å². The largest absolute Gasteiger partial charge is 0.477 e. The van der Waals surface area contributed by atoms with Crippen LogP contribution in [0.3, 0.4) is 0 Å². The number of halogens is 2. The molecule has 1 N–H and O–H groups in total. The fourth-order valence-corrected chi connectivity index (χ4v) is 2.72. The highest BCUT2D eigenvalue weighted by atomic mass is 19.1. The molecule has 1 aliphatic rings. The Labute approximate surface area is 110 Å². The third-order valence-corrected chi connectivity index (χ3v) is 3.85. The van der Waals surface area contributed by atoms with Crippen LogP contribution in [0.25, 0.3) is 0 Å². The van der Waals surface area contributed by atoms with Crippen molar-refractivity contribution in [1.29, 1.82) is 0 Å². The lowest BCUT2D eigenvalue weighted by molar-refractivity contribution is 0.0686. The van der Waals surface area contributed by atoms with Crippen LogP contribution in [0.4, 0.5) is 8.78 Å². The second-order valence-electron chi connectivity index (χ2n) is 5.01. The first-order valence-corrected chi connectivity index (χ1v) is 6.37. The number of aromatic carboxylic acids is 1. The number of benzene rings is 1. The highest BCUT2D eigenvalue weighted by Crippen LogP contribution is 2.37. The standard InChI is InChI=1S/C15H16F2O2/c1-2-9-3-5-10(6-4-9)11-7-12(16)14(15(18)19)13(17)8-11/h2,7-10H,1,3-6H2,(H,18,19). The Morgan fingerprint density at radius 1 is 1.21 bits per heavy atom. The number of carboxylic acid groups (broad SMARTS) is 1. The molecule has 0 aromatic heterocycles. The normalized spacial score (nSPS) is 23.1. The molecule has 0 bridgehead atoms. The molecular formula is C15H16F2O2. The summed E-state index contributed by atoms with van der Waals surface area (Å²) >= 11 is 0. The zero-order chi connectivity index (χ0) is 14.0. The quantitative estimate of drug-likeness (QED) is 0.835. The molecule has 1 aromatic carbocycles. The van der Waals surface area contributed by atoms with E-state index in [0.717, 1.165) is 37.8 Å². The minimum absolute atomic E-state index is 0.100. The molecule has 1 aromatic rings. The van der Waals surface area contributed by atoms with E-state index in [1.54, 1.807) is 0 Å². The predicted molar refractivity (Wildman–Crippen MR) is 68.2 cm³/mol. The topological polar surface area (TPSA) is 37.3 Å². The van der Waals surface area contributed by atoms with E-state index in [1.165, 1.54) is 0 Å². The van der Waals surface area contributed by atoms with E-state index in [4.69, 9.17) is 5.11 Å². The molecule has 102 valence electrons. The molecule has 1 saturated carbocycles. The summed E-state index contributed by atoms with van der Waals surface area (Å²) in [6.45, 7) is 3.76. The summed E-state index contributed by atoms with van der Waals surface area (Å²) in [7, 11) is 0. The fraction of sp³-hybridized carbons (Fsp3) is 0.400.